The van der Waals surface area contributed by atoms with Gasteiger partial charge in [0.1, 0.15) is 0 Å². The molecule has 6 heteroatoms. The molecule has 0 aromatic heterocycles. The highest BCUT2D eigenvalue weighted by Crippen LogP contribution is 2.18. The number of nitro benzene ring substituents is 1. The lowest BCUT2D eigenvalue weighted by Crippen LogP contribution is -2.11. The number of hydrogen-bond acceptors (Lipinski definition) is 4. The van der Waals surface area contributed by atoms with Gasteiger partial charge in [-0.15, -0.1) is 0 Å². The molecule has 16 heavy (non-hydrogen) atoms. The van der Waals surface area contributed by atoms with Gasteiger partial charge in [-0.05, 0) is 11.6 Å². The molecule has 0 saturated carbocycles. The molecule has 1 rings (SSSR count). The van der Waals surface area contributed by atoms with E-state index in [1.807, 2.05) is 0 Å². The summed E-state index contributed by atoms with van der Waals surface area (Å²) in [5.41, 5.74) is 5.59. The normalized spacial score (nSPS) is 10.6. The first-order valence-electron chi connectivity index (χ1n) is 4.41. The van der Waals surface area contributed by atoms with Gasteiger partial charge < -0.3 is 5.73 Å². The number of thiol groups is 1. The van der Waals surface area contributed by atoms with Crippen LogP contribution in [0.15, 0.2) is 24.3 Å². The van der Waals surface area contributed by atoms with Crippen molar-refractivity contribution in [2.75, 3.05) is 5.75 Å². The maximum atomic E-state index is 11.0. The summed E-state index contributed by atoms with van der Waals surface area (Å²) in [5, 5.41) is 10.6. The average molecular weight is 238 g/mol. The van der Waals surface area contributed by atoms with E-state index >= 15 is 0 Å². The standard InChI is InChI=1S/C10H10N2O3S/c11-10(13)8-4-7(2-1-3-16)5-9(6-8)12(14)15/h1-2,4-6,16H,3H2,(H2,11,13). The molecule has 0 atom stereocenters. The molecule has 0 spiro atoms. The zero-order valence-corrected chi connectivity index (χ0v) is 9.18. The van der Waals surface area contributed by atoms with Crippen molar-refractivity contribution in [1.82, 2.24) is 0 Å². The van der Waals surface area contributed by atoms with Crippen LogP contribution in [0.5, 0.6) is 0 Å². The van der Waals surface area contributed by atoms with Crippen LogP contribution in [0.3, 0.4) is 0 Å². The van der Waals surface area contributed by atoms with Crippen LogP contribution in [0.4, 0.5) is 5.69 Å². The molecule has 0 heterocycles. The highest BCUT2D eigenvalue weighted by Gasteiger charge is 2.11. The monoisotopic (exact) mass is 238 g/mol. The summed E-state index contributed by atoms with van der Waals surface area (Å²) in [6, 6.07) is 4.02. The van der Waals surface area contributed by atoms with Crippen molar-refractivity contribution in [1.29, 1.82) is 0 Å². The second kappa shape index (κ2) is 5.32. The minimum Gasteiger partial charge on any atom is -0.366 e. The van der Waals surface area contributed by atoms with Crippen LogP contribution < -0.4 is 5.73 Å². The van der Waals surface area contributed by atoms with Crippen LogP contribution in [0, 0.1) is 10.1 Å². The maximum absolute atomic E-state index is 11.0. The lowest BCUT2D eigenvalue weighted by Gasteiger charge is -1.99. The number of nitrogens with zero attached hydrogens (tertiary/aromatic N) is 1. The van der Waals surface area contributed by atoms with Crippen LogP contribution in [-0.2, 0) is 0 Å². The Balaban J connectivity index is 3.24. The molecule has 2 N–H and O–H groups in total. The molecule has 5 nitrogen and oxygen atoms in total. The molecule has 1 aromatic rings. The van der Waals surface area contributed by atoms with E-state index in [0.29, 0.717) is 11.3 Å². The Hall–Kier alpha value is -1.82. The molecule has 0 radical (unpaired) electrons. The number of non-ortho nitro benzene ring substituents is 1. The first-order chi connectivity index (χ1) is 7.54. The van der Waals surface area contributed by atoms with Gasteiger partial charge >= 0.3 is 0 Å². The van der Waals surface area contributed by atoms with Crippen LogP contribution in [0.25, 0.3) is 6.08 Å². The van der Waals surface area contributed by atoms with Crippen LogP contribution >= 0.6 is 12.6 Å². The summed E-state index contributed by atoms with van der Waals surface area (Å²) >= 11 is 3.97. The summed E-state index contributed by atoms with van der Waals surface area (Å²) in [6.07, 6.45) is 3.36. The topological polar surface area (TPSA) is 86.2 Å². The Morgan fingerprint density at radius 2 is 2.19 bits per heavy atom. The number of rotatable bonds is 4. The van der Waals surface area contributed by atoms with E-state index in [0.717, 1.165) is 6.07 Å². The molecule has 84 valence electrons. The quantitative estimate of drug-likeness (QED) is 0.475. The molecular formula is C10H10N2O3S. The largest absolute Gasteiger partial charge is 0.366 e. The lowest BCUT2D eigenvalue weighted by atomic mass is 10.1. The van der Waals surface area contributed by atoms with E-state index in [4.69, 9.17) is 5.73 Å². The van der Waals surface area contributed by atoms with Crippen molar-refractivity contribution in [2.24, 2.45) is 5.73 Å². The van der Waals surface area contributed by atoms with Gasteiger partial charge in [-0.1, -0.05) is 12.2 Å². The third-order valence-electron chi connectivity index (χ3n) is 1.85. The van der Waals surface area contributed by atoms with Crippen molar-refractivity contribution < 1.29 is 9.72 Å². The number of nitro groups is 1. The van der Waals surface area contributed by atoms with Gasteiger partial charge in [0.05, 0.1) is 4.92 Å². The molecule has 0 fully saturated rings. The Morgan fingerprint density at radius 3 is 2.69 bits per heavy atom. The summed E-state index contributed by atoms with van der Waals surface area (Å²) in [6.45, 7) is 0. The SMILES string of the molecule is NC(=O)c1cc(C=CCS)cc([N+](=O)[O-])c1. The molecule has 1 amide bonds. The molecular weight excluding hydrogens is 228 g/mol. The van der Waals surface area contributed by atoms with Gasteiger partial charge in [0.25, 0.3) is 5.69 Å². The number of nitrogens with two attached hydrogens (primary N) is 1. The Bertz CT molecular complexity index is 425. The smallest absolute Gasteiger partial charge is 0.270 e. The Morgan fingerprint density at radius 1 is 1.50 bits per heavy atom. The van der Waals surface area contributed by atoms with Gasteiger partial charge in [-0.25, -0.2) is 0 Å². The predicted molar refractivity (Wildman–Crippen MR) is 64.5 cm³/mol. The molecule has 0 unspecified atom stereocenters. The number of carbonyl (C=O) groups is 1. The third kappa shape index (κ3) is 3.09. The lowest BCUT2D eigenvalue weighted by molar-refractivity contribution is -0.384. The molecule has 0 saturated heterocycles. The van der Waals surface area contributed by atoms with Crippen molar-refractivity contribution in [3.8, 4) is 0 Å². The molecule has 0 aliphatic rings. The fourth-order valence-corrected chi connectivity index (χ4v) is 1.27. The van der Waals surface area contributed by atoms with E-state index in [1.54, 1.807) is 12.2 Å². The Labute approximate surface area is 97.5 Å². The van der Waals surface area contributed by atoms with Gasteiger partial charge in [0.15, 0.2) is 0 Å². The van der Waals surface area contributed by atoms with E-state index in [2.05, 4.69) is 12.6 Å². The van der Waals surface area contributed by atoms with Crippen molar-refractivity contribution in [2.45, 2.75) is 0 Å². The third-order valence-corrected chi connectivity index (χ3v) is 2.06. The second-order valence-corrected chi connectivity index (χ2v) is 3.38. The first-order valence-corrected chi connectivity index (χ1v) is 5.04. The summed E-state index contributed by atoms with van der Waals surface area (Å²) in [7, 11) is 0. The predicted octanol–water partition coefficient (Wildman–Crippen LogP) is 1.64. The fraction of sp³-hybridized carbons (Fsp3) is 0.100. The van der Waals surface area contributed by atoms with Crippen molar-refractivity contribution in [3.63, 3.8) is 0 Å². The maximum Gasteiger partial charge on any atom is 0.270 e. The number of primary amides is 1. The zero-order chi connectivity index (χ0) is 12.1. The zero-order valence-electron chi connectivity index (χ0n) is 8.29. The summed E-state index contributed by atoms with van der Waals surface area (Å²) < 4.78 is 0. The average Bonchev–Trinajstić information content (AvgIpc) is 2.25. The molecule has 1 aromatic carbocycles. The van der Waals surface area contributed by atoms with Gasteiger partial charge in [-0.2, -0.15) is 12.6 Å². The van der Waals surface area contributed by atoms with Crippen LogP contribution in [0.2, 0.25) is 0 Å². The number of amides is 1. The van der Waals surface area contributed by atoms with Crippen molar-refractivity contribution >= 4 is 30.3 Å². The van der Waals surface area contributed by atoms with Crippen LogP contribution in [-0.4, -0.2) is 16.6 Å². The number of hydrogen-bond donors (Lipinski definition) is 2. The highest BCUT2D eigenvalue weighted by molar-refractivity contribution is 7.80. The molecule has 0 bridgehead atoms. The number of carbonyl (C=O) groups excluding carboxylic acids is 1. The minimum atomic E-state index is -0.691. The minimum absolute atomic E-state index is 0.119. The van der Waals surface area contributed by atoms with Crippen LogP contribution in [0.1, 0.15) is 15.9 Å². The summed E-state index contributed by atoms with van der Waals surface area (Å²) in [5.74, 6) is -0.182. The second-order valence-electron chi connectivity index (χ2n) is 3.02. The van der Waals surface area contributed by atoms with Gasteiger partial charge in [-0.3, -0.25) is 14.9 Å². The first kappa shape index (κ1) is 12.3. The van der Waals surface area contributed by atoms with E-state index in [9.17, 15) is 14.9 Å². The Kier molecular flexibility index (Phi) is 4.07. The molecule has 0 aliphatic heterocycles. The molecule has 0 aliphatic carbocycles. The fourth-order valence-electron chi connectivity index (χ4n) is 1.17. The van der Waals surface area contributed by atoms with Crippen molar-refractivity contribution in [3.05, 3.63) is 45.5 Å². The van der Waals surface area contributed by atoms with E-state index in [-0.39, 0.29) is 11.3 Å². The number of benzene rings is 1. The highest BCUT2D eigenvalue weighted by atomic mass is 32.1. The van der Waals surface area contributed by atoms with E-state index in [1.165, 1.54) is 12.1 Å². The van der Waals surface area contributed by atoms with Gasteiger partial charge in [0.2, 0.25) is 5.91 Å². The van der Waals surface area contributed by atoms with Gasteiger partial charge in [0, 0.05) is 23.4 Å². The summed E-state index contributed by atoms with van der Waals surface area (Å²) in [4.78, 5) is 21.0. The van der Waals surface area contributed by atoms with E-state index < -0.39 is 10.8 Å².